The van der Waals surface area contributed by atoms with E-state index in [-0.39, 0.29) is 17.8 Å². The van der Waals surface area contributed by atoms with Gasteiger partial charge in [0.1, 0.15) is 5.69 Å². The number of carbonyl (C=O) groups excluding carboxylic acids is 1. The third-order valence-electron chi connectivity index (χ3n) is 3.60. The summed E-state index contributed by atoms with van der Waals surface area (Å²) in [5.74, 6) is 0.365. The van der Waals surface area contributed by atoms with Gasteiger partial charge in [-0.15, -0.1) is 0 Å². The Balaban J connectivity index is 1.75. The monoisotopic (exact) mass is 284 g/mol. The summed E-state index contributed by atoms with van der Waals surface area (Å²) in [7, 11) is 0. The lowest BCUT2D eigenvalue weighted by atomic mass is 9.94. The maximum absolute atomic E-state index is 12.4. The van der Waals surface area contributed by atoms with Gasteiger partial charge in [0.2, 0.25) is 5.95 Å². The third kappa shape index (κ3) is 2.96. The molecule has 0 aliphatic carbocycles. The average molecular weight is 284 g/mol. The Bertz CT molecular complexity index is 632. The first-order chi connectivity index (χ1) is 10.2. The number of rotatable bonds is 2. The standard InChI is InChI=1S/C14H16N6O/c15-14-18-4-3-11(19-14)10-2-1-7-20(9-10)13(21)12-8-16-5-6-17-12/h3-6,8,10H,1-2,7,9H2,(H2,15,18,19). The van der Waals surface area contributed by atoms with Crippen LogP contribution in [0.2, 0.25) is 0 Å². The molecule has 1 unspecified atom stereocenters. The van der Waals surface area contributed by atoms with E-state index < -0.39 is 0 Å². The largest absolute Gasteiger partial charge is 0.368 e. The number of hydrogen-bond donors (Lipinski definition) is 1. The molecule has 2 N–H and O–H groups in total. The average Bonchev–Trinajstić information content (AvgIpc) is 2.55. The Kier molecular flexibility index (Phi) is 3.72. The predicted molar refractivity (Wildman–Crippen MR) is 76.4 cm³/mol. The molecule has 3 rings (SSSR count). The zero-order valence-corrected chi connectivity index (χ0v) is 11.5. The van der Waals surface area contributed by atoms with E-state index in [0.717, 1.165) is 25.1 Å². The summed E-state index contributed by atoms with van der Waals surface area (Å²) >= 11 is 0. The van der Waals surface area contributed by atoms with Gasteiger partial charge in [0, 0.05) is 37.6 Å². The number of hydrogen-bond acceptors (Lipinski definition) is 6. The van der Waals surface area contributed by atoms with Crippen LogP contribution in [0.3, 0.4) is 0 Å². The third-order valence-corrected chi connectivity index (χ3v) is 3.60. The van der Waals surface area contributed by atoms with Crippen LogP contribution >= 0.6 is 0 Å². The smallest absolute Gasteiger partial charge is 0.274 e. The van der Waals surface area contributed by atoms with Crippen LogP contribution in [0, 0.1) is 0 Å². The van der Waals surface area contributed by atoms with Crippen molar-refractivity contribution in [2.75, 3.05) is 18.8 Å². The van der Waals surface area contributed by atoms with Crippen LogP contribution in [0.4, 0.5) is 5.95 Å². The van der Waals surface area contributed by atoms with Crippen molar-refractivity contribution in [3.05, 3.63) is 42.2 Å². The molecule has 1 amide bonds. The van der Waals surface area contributed by atoms with Crippen LogP contribution in [-0.2, 0) is 0 Å². The highest BCUT2D eigenvalue weighted by atomic mass is 16.2. The molecule has 3 heterocycles. The molecule has 1 aliphatic heterocycles. The van der Waals surface area contributed by atoms with Crippen molar-refractivity contribution in [3.63, 3.8) is 0 Å². The Labute approximate surface area is 122 Å². The molecule has 0 spiro atoms. The second-order valence-electron chi connectivity index (χ2n) is 5.02. The number of aromatic nitrogens is 4. The van der Waals surface area contributed by atoms with E-state index in [1.165, 1.54) is 12.4 Å². The number of likely N-dealkylation sites (tertiary alicyclic amines) is 1. The van der Waals surface area contributed by atoms with Crippen LogP contribution in [-0.4, -0.2) is 43.8 Å². The molecular formula is C14H16N6O. The van der Waals surface area contributed by atoms with E-state index in [0.29, 0.717) is 12.2 Å². The quantitative estimate of drug-likeness (QED) is 0.878. The summed E-state index contributed by atoms with van der Waals surface area (Å²) in [4.78, 5) is 30.4. The van der Waals surface area contributed by atoms with Crippen LogP contribution in [0.15, 0.2) is 30.9 Å². The first-order valence-corrected chi connectivity index (χ1v) is 6.88. The summed E-state index contributed by atoms with van der Waals surface area (Å²) in [5, 5.41) is 0. The molecule has 7 nitrogen and oxygen atoms in total. The van der Waals surface area contributed by atoms with Gasteiger partial charge in [-0.3, -0.25) is 9.78 Å². The summed E-state index contributed by atoms with van der Waals surface area (Å²) in [6.07, 6.45) is 8.15. The molecule has 0 radical (unpaired) electrons. The molecule has 2 aromatic rings. The van der Waals surface area contributed by atoms with Crippen molar-refractivity contribution >= 4 is 11.9 Å². The first kappa shape index (κ1) is 13.4. The molecular weight excluding hydrogens is 268 g/mol. The molecule has 0 bridgehead atoms. The zero-order chi connectivity index (χ0) is 14.7. The van der Waals surface area contributed by atoms with Crippen molar-refractivity contribution in [1.82, 2.24) is 24.8 Å². The van der Waals surface area contributed by atoms with E-state index in [1.807, 2.05) is 6.07 Å². The van der Waals surface area contributed by atoms with E-state index in [9.17, 15) is 4.79 Å². The van der Waals surface area contributed by atoms with Gasteiger partial charge in [-0.2, -0.15) is 0 Å². The van der Waals surface area contributed by atoms with Gasteiger partial charge >= 0.3 is 0 Å². The molecule has 0 aromatic carbocycles. The van der Waals surface area contributed by atoms with Gasteiger partial charge in [-0.1, -0.05) is 0 Å². The SMILES string of the molecule is Nc1nccc(C2CCCN(C(=O)c3cnccn3)C2)n1. The fourth-order valence-electron chi connectivity index (χ4n) is 2.59. The summed E-state index contributed by atoms with van der Waals surface area (Å²) in [6, 6.07) is 1.86. The fourth-order valence-corrected chi connectivity index (χ4v) is 2.59. The lowest BCUT2D eigenvalue weighted by molar-refractivity contribution is 0.0699. The highest BCUT2D eigenvalue weighted by molar-refractivity contribution is 5.92. The van der Waals surface area contributed by atoms with Gasteiger partial charge in [0.25, 0.3) is 5.91 Å². The topological polar surface area (TPSA) is 97.9 Å². The molecule has 0 saturated carbocycles. The number of nitrogen functional groups attached to an aromatic ring is 1. The Morgan fingerprint density at radius 3 is 2.95 bits per heavy atom. The molecule has 1 fully saturated rings. The molecule has 7 heteroatoms. The minimum Gasteiger partial charge on any atom is -0.368 e. The summed E-state index contributed by atoms with van der Waals surface area (Å²) < 4.78 is 0. The van der Waals surface area contributed by atoms with Gasteiger partial charge < -0.3 is 10.6 Å². The van der Waals surface area contributed by atoms with Crippen molar-refractivity contribution in [3.8, 4) is 0 Å². The summed E-state index contributed by atoms with van der Waals surface area (Å²) in [5.41, 5.74) is 6.89. The molecule has 1 atom stereocenters. The molecule has 1 aliphatic rings. The van der Waals surface area contributed by atoms with E-state index in [4.69, 9.17) is 5.73 Å². The van der Waals surface area contributed by atoms with Crippen LogP contribution in [0.5, 0.6) is 0 Å². The predicted octanol–water partition coefficient (Wildman–Crippen LogP) is 0.869. The highest BCUT2D eigenvalue weighted by Gasteiger charge is 2.27. The Morgan fingerprint density at radius 1 is 1.29 bits per heavy atom. The number of amides is 1. The van der Waals surface area contributed by atoms with Crippen LogP contribution < -0.4 is 5.73 Å². The summed E-state index contributed by atoms with van der Waals surface area (Å²) in [6.45, 7) is 1.35. The van der Waals surface area contributed by atoms with Gasteiger partial charge in [0.15, 0.2) is 0 Å². The lowest BCUT2D eigenvalue weighted by Gasteiger charge is -2.32. The van der Waals surface area contributed by atoms with E-state index in [1.54, 1.807) is 17.3 Å². The lowest BCUT2D eigenvalue weighted by Crippen LogP contribution is -2.39. The number of carbonyl (C=O) groups is 1. The van der Waals surface area contributed by atoms with Crippen molar-refractivity contribution in [2.24, 2.45) is 0 Å². The maximum Gasteiger partial charge on any atom is 0.274 e. The number of piperidine rings is 1. The van der Waals surface area contributed by atoms with Crippen molar-refractivity contribution < 1.29 is 4.79 Å². The first-order valence-electron chi connectivity index (χ1n) is 6.88. The Morgan fingerprint density at radius 2 is 2.19 bits per heavy atom. The molecule has 21 heavy (non-hydrogen) atoms. The molecule has 1 saturated heterocycles. The van der Waals surface area contributed by atoms with Gasteiger partial charge in [-0.05, 0) is 18.9 Å². The van der Waals surface area contributed by atoms with E-state index in [2.05, 4.69) is 19.9 Å². The number of nitrogens with two attached hydrogens (primary N) is 1. The maximum atomic E-state index is 12.4. The second-order valence-corrected chi connectivity index (χ2v) is 5.02. The minimum atomic E-state index is -0.0881. The van der Waals surface area contributed by atoms with Crippen LogP contribution in [0.1, 0.15) is 34.9 Å². The normalized spacial score (nSPS) is 18.5. The van der Waals surface area contributed by atoms with E-state index >= 15 is 0 Å². The molecule has 108 valence electrons. The fraction of sp³-hybridized carbons (Fsp3) is 0.357. The van der Waals surface area contributed by atoms with Crippen molar-refractivity contribution in [2.45, 2.75) is 18.8 Å². The highest BCUT2D eigenvalue weighted by Crippen LogP contribution is 2.26. The Hall–Kier alpha value is -2.57. The number of nitrogens with zero attached hydrogens (tertiary/aromatic N) is 5. The second kappa shape index (κ2) is 5.82. The molecule has 2 aromatic heterocycles. The minimum absolute atomic E-state index is 0.0881. The number of anilines is 1. The van der Waals surface area contributed by atoms with Gasteiger partial charge in [0.05, 0.1) is 11.9 Å². The zero-order valence-electron chi connectivity index (χ0n) is 11.5. The van der Waals surface area contributed by atoms with Gasteiger partial charge in [-0.25, -0.2) is 15.0 Å². The van der Waals surface area contributed by atoms with Crippen LogP contribution in [0.25, 0.3) is 0 Å². The van der Waals surface area contributed by atoms with Crippen molar-refractivity contribution in [1.29, 1.82) is 0 Å².